The molecule has 0 aromatic heterocycles. The summed E-state index contributed by atoms with van der Waals surface area (Å²) in [5, 5.41) is 0.379. The van der Waals surface area contributed by atoms with Gasteiger partial charge in [-0.1, -0.05) is 51.9 Å². The molecule has 0 rings (SSSR count). The van der Waals surface area contributed by atoms with Crippen molar-refractivity contribution in [2.75, 3.05) is 7.11 Å². The van der Waals surface area contributed by atoms with E-state index < -0.39 is 0 Å². The summed E-state index contributed by atoms with van der Waals surface area (Å²) in [5.74, 6) is -0.0871. The van der Waals surface area contributed by atoms with Crippen LogP contribution in [0.1, 0.15) is 77.6 Å². The molecule has 0 bridgehead atoms. The first-order valence-electron chi connectivity index (χ1n) is 7.41. The van der Waals surface area contributed by atoms with Gasteiger partial charge in [-0.3, -0.25) is 4.79 Å². The zero-order valence-electron chi connectivity index (χ0n) is 12.0. The van der Waals surface area contributed by atoms with E-state index in [2.05, 4.69) is 11.7 Å². The molecule has 0 aromatic carbocycles. The van der Waals surface area contributed by atoms with Crippen molar-refractivity contribution in [1.82, 2.24) is 0 Å². The molecule has 3 heteroatoms. The summed E-state index contributed by atoms with van der Waals surface area (Å²) in [6, 6.07) is 0. The fourth-order valence-corrected chi connectivity index (χ4v) is 2.32. The van der Waals surface area contributed by atoms with Gasteiger partial charge in [0, 0.05) is 11.8 Å². The molecule has 0 aliphatic heterocycles. The van der Waals surface area contributed by atoms with Gasteiger partial charge in [-0.05, 0) is 19.3 Å². The van der Waals surface area contributed by atoms with Gasteiger partial charge in [0.15, 0.2) is 0 Å². The molecule has 0 saturated heterocycles. The molecule has 0 radical (unpaired) electrons. The van der Waals surface area contributed by atoms with E-state index >= 15 is 0 Å². The minimum Gasteiger partial charge on any atom is -0.469 e. The summed E-state index contributed by atoms with van der Waals surface area (Å²) < 4.78 is 4.60. The molecule has 18 heavy (non-hydrogen) atoms. The molecule has 1 unspecified atom stereocenters. The average molecular weight is 277 g/mol. The number of hydrogen-bond donors (Lipinski definition) is 0. The number of carbonyl (C=O) groups is 1. The summed E-state index contributed by atoms with van der Waals surface area (Å²) in [6.45, 7) is 2.21. The predicted octanol–water partition coefficient (Wildman–Crippen LogP) is 5.08. The van der Waals surface area contributed by atoms with Crippen LogP contribution in [0.25, 0.3) is 0 Å². The standard InChI is InChI=1S/C15H29ClO2/c1-3-4-11-14(16)12-9-7-5-6-8-10-13-15(17)18-2/h14H,3-13H2,1-2H3. The number of esters is 1. The molecule has 0 aromatic rings. The van der Waals surface area contributed by atoms with Crippen LogP contribution in [0.4, 0.5) is 0 Å². The molecular weight excluding hydrogens is 248 g/mol. The van der Waals surface area contributed by atoms with Crippen LogP contribution in [0.3, 0.4) is 0 Å². The third-order valence-corrected chi connectivity index (χ3v) is 3.68. The molecule has 108 valence electrons. The highest BCUT2D eigenvalue weighted by atomic mass is 35.5. The molecule has 0 heterocycles. The third-order valence-electron chi connectivity index (χ3n) is 3.25. The lowest BCUT2D eigenvalue weighted by Gasteiger charge is -2.08. The van der Waals surface area contributed by atoms with Crippen LogP contribution in [0.5, 0.6) is 0 Å². The summed E-state index contributed by atoms with van der Waals surface area (Å²) in [6.07, 6.45) is 12.5. The highest BCUT2D eigenvalue weighted by Crippen LogP contribution is 2.16. The lowest BCUT2D eigenvalue weighted by atomic mass is 10.0. The Hall–Kier alpha value is -0.240. The minimum atomic E-state index is -0.0871. The maximum atomic E-state index is 10.9. The van der Waals surface area contributed by atoms with E-state index in [1.165, 1.54) is 45.6 Å². The van der Waals surface area contributed by atoms with Gasteiger partial charge in [0.05, 0.1) is 7.11 Å². The second kappa shape index (κ2) is 13.2. The van der Waals surface area contributed by atoms with Gasteiger partial charge in [-0.25, -0.2) is 0 Å². The van der Waals surface area contributed by atoms with Crippen LogP contribution in [0.15, 0.2) is 0 Å². The number of hydrogen-bond acceptors (Lipinski definition) is 2. The summed E-state index contributed by atoms with van der Waals surface area (Å²) in [7, 11) is 1.45. The highest BCUT2D eigenvalue weighted by molar-refractivity contribution is 6.20. The van der Waals surface area contributed by atoms with Crippen molar-refractivity contribution in [1.29, 1.82) is 0 Å². The maximum Gasteiger partial charge on any atom is 0.305 e. The quantitative estimate of drug-likeness (QED) is 0.282. The van der Waals surface area contributed by atoms with E-state index in [0.717, 1.165) is 25.7 Å². The van der Waals surface area contributed by atoms with Crippen LogP contribution >= 0.6 is 11.6 Å². The molecular formula is C15H29ClO2. The number of methoxy groups -OCH3 is 1. The van der Waals surface area contributed by atoms with Gasteiger partial charge >= 0.3 is 5.97 Å². The Bertz CT molecular complexity index is 195. The number of rotatable bonds is 12. The smallest absolute Gasteiger partial charge is 0.305 e. The van der Waals surface area contributed by atoms with Crippen molar-refractivity contribution in [2.45, 2.75) is 82.9 Å². The Balaban J connectivity index is 3.13. The average Bonchev–Trinajstić information content (AvgIpc) is 2.38. The van der Waals surface area contributed by atoms with E-state index in [9.17, 15) is 4.79 Å². The highest BCUT2D eigenvalue weighted by Gasteiger charge is 2.03. The van der Waals surface area contributed by atoms with Crippen LogP contribution in [0, 0.1) is 0 Å². The fourth-order valence-electron chi connectivity index (χ4n) is 2.01. The van der Waals surface area contributed by atoms with Crippen LogP contribution in [-0.2, 0) is 9.53 Å². The summed E-state index contributed by atoms with van der Waals surface area (Å²) in [4.78, 5) is 10.9. The van der Waals surface area contributed by atoms with Crippen LogP contribution < -0.4 is 0 Å². The van der Waals surface area contributed by atoms with Gasteiger partial charge in [-0.2, -0.15) is 0 Å². The molecule has 0 aliphatic carbocycles. The lowest BCUT2D eigenvalue weighted by molar-refractivity contribution is -0.140. The van der Waals surface area contributed by atoms with E-state index in [4.69, 9.17) is 11.6 Å². The molecule has 0 saturated carbocycles. The zero-order chi connectivity index (χ0) is 13.6. The Morgan fingerprint density at radius 3 is 2.17 bits per heavy atom. The molecule has 2 nitrogen and oxygen atoms in total. The van der Waals surface area contributed by atoms with Gasteiger partial charge in [-0.15, -0.1) is 11.6 Å². The van der Waals surface area contributed by atoms with E-state index in [0.29, 0.717) is 11.8 Å². The van der Waals surface area contributed by atoms with Crippen LogP contribution in [0.2, 0.25) is 0 Å². The topological polar surface area (TPSA) is 26.3 Å². The van der Waals surface area contributed by atoms with E-state index in [1.54, 1.807) is 0 Å². The first-order valence-corrected chi connectivity index (χ1v) is 7.85. The number of halogens is 1. The molecule has 0 fully saturated rings. The third kappa shape index (κ3) is 12.2. The molecule has 1 atom stereocenters. The van der Waals surface area contributed by atoms with E-state index in [-0.39, 0.29) is 5.97 Å². The Morgan fingerprint density at radius 2 is 1.56 bits per heavy atom. The van der Waals surface area contributed by atoms with Crippen molar-refractivity contribution < 1.29 is 9.53 Å². The Labute approximate surface area is 117 Å². The van der Waals surface area contributed by atoms with Gasteiger partial charge in [0.1, 0.15) is 0 Å². The monoisotopic (exact) mass is 276 g/mol. The number of unbranched alkanes of at least 4 members (excludes halogenated alkanes) is 6. The number of carbonyl (C=O) groups excluding carboxylic acids is 1. The largest absolute Gasteiger partial charge is 0.469 e. The van der Waals surface area contributed by atoms with Crippen molar-refractivity contribution >= 4 is 17.6 Å². The second-order valence-corrected chi connectivity index (χ2v) is 5.59. The lowest BCUT2D eigenvalue weighted by Crippen LogP contribution is -1.99. The number of alkyl halides is 1. The minimum absolute atomic E-state index is 0.0871. The predicted molar refractivity (Wildman–Crippen MR) is 78.1 cm³/mol. The van der Waals surface area contributed by atoms with Gasteiger partial charge < -0.3 is 4.74 Å². The first kappa shape index (κ1) is 17.8. The number of ether oxygens (including phenoxy) is 1. The Morgan fingerprint density at radius 1 is 1.00 bits per heavy atom. The normalized spacial score (nSPS) is 12.4. The second-order valence-electron chi connectivity index (χ2n) is 4.98. The van der Waals surface area contributed by atoms with Crippen LogP contribution in [-0.4, -0.2) is 18.5 Å². The van der Waals surface area contributed by atoms with Crippen molar-refractivity contribution in [3.63, 3.8) is 0 Å². The fraction of sp³-hybridized carbons (Fsp3) is 0.933. The van der Waals surface area contributed by atoms with Crippen molar-refractivity contribution in [3.8, 4) is 0 Å². The molecule has 0 aliphatic rings. The summed E-state index contributed by atoms with van der Waals surface area (Å²) in [5.41, 5.74) is 0. The molecule has 0 N–H and O–H groups in total. The molecule has 0 amide bonds. The van der Waals surface area contributed by atoms with E-state index in [1.807, 2.05) is 0 Å². The first-order chi connectivity index (χ1) is 8.70. The summed E-state index contributed by atoms with van der Waals surface area (Å²) >= 11 is 6.22. The van der Waals surface area contributed by atoms with Gasteiger partial charge in [0.25, 0.3) is 0 Å². The van der Waals surface area contributed by atoms with Crippen molar-refractivity contribution in [2.24, 2.45) is 0 Å². The maximum absolute atomic E-state index is 10.9. The Kier molecular flexibility index (Phi) is 13.0. The zero-order valence-corrected chi connectivity index (χ0v) is 12.8. The SMILES string of the molecule is CCCCC(Cl)CCCCCCCCC(=O)OC. The van der Waals surface area contributed by atoms with Gasteiger partial charge in [0.2, 0.25) is 0 Å². The molecule has 0 spiro atoms. The van der Waals surface area contributed by atoms with Crippen molar-refractivity contribution in [3.05, 3.63) is 0 Å².